The minimum atomic E-state index is -1.09. The summed E-state index contributed by atoms with van der Waals surface area (Å²) in [5.74, 6) is -1.51. The lowest BCUT2D eigenvalue weighted by atomic mass is 10.1. The number of hydrogen-bond donors (Lipinski definition) is 1. The van der Waals surface area contributed by atoms with Crippen LogP contribution in [0.1, 0.15) is 43.2 Å². The largest absolute Gasteiger partial charge is 0.365 e. The SMILES string of the molecule is Cc1cc(C)cc(-n2c(C)cc(C(=O)Cn3cc([N+](=O)[O-])cc(C(N)=O)c3=O)c2C)c1. The zero-order valence-corrected chi connectivity index (χ0v) is 17.6. The number of nitrogens with zero attached hydrogens (tertiary/aromatic N) is 3. The monoisotopic (exact) mass is 422 g/mol. The Hall–Kier alpha value is -4.01. The molecule has 0 unspecified atom stereocenters. The molecule has 3 aromatic rings. The summed E-state index contributed by atoms with van der Waals surface area (Å²) in [5.41, 5.74) is 8.25. The Morgan fingerprint density at radius 3 is 2.16 bits per heavy atom. The number of rotatable bonds is 6. The zero-order valence-electron chi connectivity index (χ0n) is 17.6. The van der Waals surface area contributed by atoms with E-state index in [-0.39, 0.29) is 0 Å². The molecule has 0 aliphatic heterocycles. The van der Waals surface area contributed by atoms with E-state index in [0.29, 0.717) is 11.3 Å². The molecular weight excluding hydrogens is 400 g/mol. The first-order chi connectivity index (χ1) is 14.5. The standard InChI is InChI=1S/C22H22N4O5/c1-12-5-13(2)7-16(6-12)25-14(3)8-18(15(25)4)20(27)11-24-10-17(26(30)31)9-19(21(23)28)22(24)29/h5-10H,11H2,1-4H3,(H2,23,28). The number of pyridine rings is 1. The average molecular weight is 422 g/mol. The Morgan fingerprint density at radius 1 is 1.00 bits per heavy atom. The number of amides is 1. The highest BCUT2D eigenvalue weighted by Gasteiger charge is 2.21. The summed E-state index contributed by atoms with van der Waals surface area (Å²) >= 11 is 0. The summed E-state index contributed by atoms with van der Waals surface area (Å²) in [6, 6.07) is 8.59. The first-order valence-corrected chi connectivity index (χ1v) is 9.49. The number of aromatic nitrogens is 2. The maximum absolute atomic E-state index is 13.0. The van der Waals surface area contributed by atoms with E-state index in [2.05, 4.69) is 6.07 Å². The van der Waals surface area contributed by atoms with E-state index in [1.54, 1.807) is 13.0 Å². The van der Waals surface area contributed by atoms with Crippen LogP contribution in [0.2, 0.25) is 0 Å². The van der Waals surface area contributed by atoms with Gasteiger partial charge in [0.15, 0.2) is 5.78 Å². The van der Waals surface area contributed by atoms with Crippen LogP contribution in [-0.4, -0.2) is 25.7 Å². The summed E-state index contributed by atoms with van der Waals surface area (Å²) in [6.07, 6.45) is 0.940. The number of aryl methyl sites for hydroxylation is 3. The molecule has 2 aromatic heterocycles. The molecule has 2 heterocycles. The van der Waals surface area contributed by atoms with Gasteiger partial charge in [-0.2, -0.15) is 0 Å². The molecule has 0 aliphatic carbocycles. The van der Waals surface area contributed by atoms with Gasteiger partial charge in [-0.3, -0.25) is 24.5 Å². The highest BCUT2D eigenvalue weighted by atomic mass is 16.6. The quantitative estimate of drug-likeness (QED) is 0.371. The Balaban J connectivity index is 2.05. The molecule has 160 valence electrons. The van der Waals surface area contributed by atoms with Crippen molar-refractivity contribution in [3.05, 3.63) is 90.6 Å². The van der Waals surface area contributed by atoms with Crippen molar-refractivity contribution in [1.29, 1.82) is 0 Å². The van der Waals surface area contributed by atoms with Gasteiger partial charge >= 0.3 is 0 Å². The van der Waals surface area contributed by atoms with Crippen LogP contribution in [0.25, 0.3) is 5.69 Å². The van der Waals surface area contributed by atoms with Crippen molar-refractivity contribution < 1.29 is 14.5 Å². The Labute approximate surface area is 177 Å². The molecule has 0 fully saturated rings. The summed E-state index contributed by atoms with van der Waals surface area (Å²) < 4.78 is 2.79. The van der Waals surface area contributed by atoms with Gasteiger partial charge in [-0.05, 0) is 57.0 Å². The predicted molar refractivity (Wildman–Crippen MR) is 115 cm³/mol. The second-order valence-electron chi connectivity index (χ2n) is 7.56. The van der Waals surface area contributed by atoms with E-state index in [1.807, 2.05) is 37.5 Å². The first-order valence-electron chi connectivity index (χ1n) is 9.49. The molecule has 0 bridgehead atoms. The van der Waals surface area contributed by atoms with Crippen LogP contribution < -0.4 is 11.3 Å². The number of primary amides is 1. The van der Waals surface area contributed by atoms with E-state index in [9.17, 15) is 24.5 Å². The number of Topliss-reactive ketones (excluding diaryl/α,β-unsaturated/α-hetero) is 1. The Kier molecular flexibility index (Phi) is 5.61. The highest BCUT2D eigenvalue weighted by molar-refractivity contribution is 5.98. The second kappa shape index (κ2) is 8.02. The summed E-state index contributed by atoms with van der Waals surface area (Å²) in [6.45, 7) is 7.18. The lowest BCUT2D eigenvalue weighted by Gasteiger charge is -2.12. The third-order valence-electron chi connectivity index (χ3n) is 5.06. The fourth-order valence-corrected chi connectivity index (χ4v) is 3.78. The van der Waals surface area contributed by atoms with Crippen LogP contribution in [0, 0.1) is 37.8 Å². The van der Waals surface area contributed by atoms with Crippen molar-refractivity contribution in [3.8, 4) is 5.69 Å². The molecule has 1 amide bonds. The van der Waals surface area contributed by atoms with Crippen LogP contribution in [0.3, 0.4) is 0 Å². The third kappa shape index (κ3) is 4.16. The highest BCUT2D eigenvalue weighted by Crippen LogP contribution is 2.23. The molecule has 0 atom stereocenters. The number of carbonyl (C=O) groups is 2. The maximum Gasteiger partial charge on any atom is 0.286 e. The Morgan fingerprint density at radius 2 is 1.61 bits per heavy atom. The lowest BCUT2D eigenvalue weighted by molar-refractivity contribution is -0.385. The molecule has 0 saturated carbocycles. The molecule has 3 rings (SSSR count). The number of benzene rings is 1. The van der Waals surface area contributed by atoms with Gasteiger partial charge in [-0.15, -0.1) is 0 Å². The molecule has 0 radical (unpaired) electrons. The van der Waals surface area contributed by atoms with E-state index >= 15 is 0 Å². The smallest absolute Gasteiger partial charge is 0.286 e. The molecule has 9 nitrogen and oxygen atoms in total. The number of nitro groups is 1. The number of ketones is 1. The number of carbonyl (C=O) groups excluding carboxylic acids is 2. The van der Waals surface area contributed by atoms with E-state index in [4.69, 9.17) is 5.73 Å². The number of hydrogen-bond acceptors (Lipinski definition) is 5. The predicted octanol–water partition coefficient (Wildman–Crippen LogP) is 2.76. The van der Waals surface area contributed by atoms with Crippen molar-refractivity contribution in [2.24, 2.45) is 5.73 Å². The molecule has 0 saturated heterocycles. The van der Waals surface area contributed by atoms with Gasteiger partial charge in [0.2, 0.25) is 0 Å². The minimum Gasteiger partial charge on any atom is -0.365 e. The van der Waals surface area contributed by atoms with Crippen LogP contribution in [0.4, 0.5) is 5.69 Å². The summed E-state index contributed by atoms with van der Waals surface area (Å²) in [4.78, 5) is 47.4. The van der Waals surface area contributed by atoms with Crippen LogP contribution in [0.5, 0.6) is 0 Å². The van der Waals surface area contributed by atoms with Crippen molar-refractivity contribution in [2.45, 2.75) is 34.2 Å². The van der Waals surface area contributed by atoms with Crippen molar-refractivity contribution in [2.75, 3.05) is 0 Å². The molecule has 0 aliphatic rings. The fraction of sp³-hybridized carbons (Fsp3) is 0.227. The summed E-state index contributed by atoms with van der Waals surface area (Å²) in [5, 5.41) is 11.2. The van der Waals surface area contributed by atoms with E-state index in [1.165, 1.54) is 0 Å². The average Bonchev–Trinajstić information content (AvgIpc) is 2.96. The molecular formula is C22H22N4O5. The molecule has 9 heteroatoms. The lowest BCUT2D eigenvalue weighted by Crippen LogP contribution is -2.31. The molecule has 0 spiro atoms. The first kappa shape index (κ1) is 21.7. The van der Waals surface area contributed by atoms with Gasteiger partial charge in [0.05, 0.1) is 17.7 Å². The fourth-order valence-electron chi connectivity index (χ4n) is 3.78. The van der Waals surface area contributed by atoms with Gasteiger partial charge in [0, 0.05) is 28.7 Å². The van der Waals surface area contributed by atoms with Crippen LogP contribution in [-0.2, 0) is 6.54 Å². The maximum atomic E-state index is 13.0. The van der Waals surface area contributed by atoms with Gasteiger partial charge in [-0.1, -0.05) is 6.07 Å². The van der Waals surface area contributed by atoms with Gasteiger partial charge < -0.3 is 14.9 Å². The molecule has 2 N–H and O–H groups in total. The van der Waals surface area contributed by atoms with Gasteiger partial charge in [0.1, 0.15) is 5.56 Å². The third-order valence-corrected chi connectivity index (χ3v) is 5.06. The van der Waals surface area contributed by atoms with E-state index < -0.39 is 40.0 Å². The van der Waals surface area contributed by atoms with Crippen molar-refractivity contribution >= 4 is 17.4 Å². The zero-order chi connectivity index (χ0) is 23.0. The minimum absolute atomic E-state index is 0.385. The van der Waals surface area contributed by atoms with E-state index in [0.717, 1.165) is 39.3 Å². The second-order valence-corrected chi connectivity index (χ2v) is 7.56. The summed E-state index contributed by atoms with van der Waals surface area (Å²) in [7, 11) is 0. The van der Waals surface area contributed by atoms with Gasteiger partial charge in [-0.25, -0.2) is 0 Å². The topological polar surface area (TPSA) is 130 Å². The molecule has 31 heavy (non-hydrogen) atoms. The van der Waals surface area contributed by atoms with Crippen molar-refractivity contribution in [3.63, 3.8) is 0 Å². The number of nitrogens with two attached hydrogens (primary N) is 1. The van der Waals surface area contributed by atoms with Crippen LogP contribution in [0.15, 0.2) is 41.3 Å². The molecule has 1 aromatic carbocycles. The van der Waals surface area contributed by atoms with Gasteiger partial charge in [0.25, 0.3) is 17.2 Å². The normalized spacial score (nSPS) is 10.8. The van der Waals surface area contributed by atoms with Crippen molar-refractivity contribution in [1.82, 2.24) is 9.13 Å². The van der Waals surface area contributed by atoms with Crippen LogP contribution >= 0.6 is 0 Å². The Bertz CT molecular complexity index is 1280.